The number of carboxylic acid groups (broad SMARTS) is 1. The van der Waals surface area contributed by atoms with Crippen LogP contribution in [0, 0.1) is 0 Å². The monoisotopic (exact) mass is 427 g/mol. The molecule has 30 heavy (non-hydrogen) atoms. The zero-order chi connectivity index (χ0) is 22.9. The summed E-state index contributed by atoms with van der Waals surface area (Å²) >= 11 is 5.11. The molecule has 0 radical (unpaired) electrons. The van der Waals surface area contributed by atoms with Crippen molar-refractivity contribution in [3.8, 4) is 5.75 Å². The van der Waals surface area contributed by atoms with Gasteiger partial charge >= 0.3 is 5.97 Å². The SMILES string of the molecule is CC(C)(C)c1cc(C=NN(C(N)=S)c2cccc(C(=O)O)c2)c(O)c(C(C)(C)C)c1. The molecule has 0 saturated heterocycles. The third-order valence-electron chi connectivity index (χ3n) is 4.67. The molecule has 0 saturated carbocycles. The first-order valence-electron chi connectivity index (χ1n) is 9.56. The van der Waals surface area contributed by atoms with Crippen LogP contribution in [0.3, 0.4) is 0 Å². The van der Waals surface area contributed by atoms with E-state index >= 15 is 0 Å². The second kappa shape index (κ2) is 8.44. The first-order chi connectivity index (χ1) is 13.7. The molecule has 2 aromatic rings. The molecule has 0 unspecified atom stereocenters. The van der Waals surface area contributed by atoms with Gasteiger partial charge in [-0.25, -0.2) is 9.80 Å². The van der Waals surface area contributed by atoms with Crippen LogP contribution in [0.5, 0.6) is 5.75 Å². The topological polar surface area (TPSA) is 99.2 Å². The number of hydrogen-bond acceptors (Lipinski definition) is 4. The second-order valence-corrected chi connectivity index (χ2v) is 9.63. The molecule has 2 aromatic carbocycles. The first kappa shape index (κ1) is 23.3. The normalized spacial score (nSPS) is 12.2. The molecule has 4 N–H and O–H groups in total. The van der Waals surface area contributed by atoms with Crippen LogP contribution in [0.25, 0.3) is 0 Å². The molecule has 0 bridgehead atoms. The number of aromatic carboxylic acids is 1. The average Bonchev–Trinajstić information content (AvgIpc) is 2.61. The van der Waals surface area contributed by atoms with E-state index in [0.717, 1.165) is 11.1 Å². The van der Waals surface area contributed by atoms with Crippen molar-refractivity contribution in [2.24, 2.45) is 10.8 Å². The number of rotatable bonds is 4. The van der Waals surface area contributed by atoms with E-state index in [0.29, 0.717) is 11.3 Å². The number of phenols is 1. The van der Waals surface area contributed by atoms with Crippen LogP contribution in [-0.4, -0.2) is 27.5 Å². The molecular formula is C23H29N3O3S. The van der Waals surface area contributed by atoms with E-state index in [1.165, 1.54) is 23.4 Å². The molecule has 6 nitrogen and oxygen atoms in total. The van der Waals surface area contributed by atoms with Gasteiger partial charge in [-0.3, -0.25) is 0 Å². The van der Waals surface area contributed by atoms with Gasteiger partial charge in [0.15, 0.2) is 5.11 Å². The number of carboxylic acids is 1. The van der Waals surface area contributed by atoms with Gasteiger partial charge in [0.2, 0.25) is 0 Å². The number of hydrazone groups is 1. The van der Waals surface area contributed by atoms with E-state index in [-0.39, 0.29) is 27.3 Å². The van der Waals surface area contributed by atoms with Gasteiger partial charge in [0.05, 0.1) is 17.5 Å². The molecular weight excluding hydrogens is 398 g/mol. The van der Waals surface area contributed by atoms with Gasteiger partial charge in [-0.2, -0.15) is 5.10 Å². The van der Waals surface area contributed by atoms with Crippen molar-refractivity contribution >= 4 is 35.2 Å². The van der Waals surface area contributed by atoms with Gasteiger partial charge in [0.1, 0.15) is 5.75 Å². The van der Waals surface area contributed by atoms with Gasteiger partial charge < -0.3 is 15.9 Å². The van der Waals surface area contributed by atoms with Gasteiger partial charge in [0, 0.05) is 11.1 Å². The highest BCUT2D eigenvalue weighted by atomic mass is 32.1. The van der Waals surface area contributed by atoms with Gasteiger partial charge in [-0.05, 0) is 52.9 Å². The van der Waals surface area contributed by atoms with Crippen LogP contribution in [0.4, 0.5) is 5.69 Å². The number of phenolic OH excluding ortho intramolecular Hbond substituents is 1. The summed E-state index contributed by atoms with van der Waals surface area (Å²) in [7, 11) is 0. The Bertz CT molecular complexity index is 1000. The number of nitrogens with two attached hydrogens (primary N) is 1. The van der Waals surface area contributed by atoms with Crippen molar-refractivity contribution in [3.63, 3.8) is 0 Å². The third-order valence-corrected chi connectivity index (χ3v) is 4.85. The lowest BCUT2D eigenvalue weighted by Gasteiger charge is -2.27. The van der Waals surface area contributed by atoms with E-state index in [1.54, 1.807) is 12.1 Å². The summed E-state index contributed by atoms with van der Waals surface area (Å²) in [6.07, 6.45) is 1.49. The largest absolute Gasteiger partial charge is 0.507 e. The third kappa shape index (κ3) is 5.36. The molecule has 0 heterocycles. The van der Waals surface area contributed by atoms with Crippen LogP contribution in [0.2, 0.25) is 0 Å². The second-order valence-electron chi connectivity index (χ2n) is 9.21. The Kier molecular flexibility index (Phi) is 6.57. The summed E-state index contributed by atoms with van der Waals surface area (Å²) in [6.45, 7) is 12.4. The minimum Gasteiger partial charge on any atom is -0.507 e. The molecule has 0 aliphatic heterocycles. The fraction of sp³-hybridized carbons (Fsp3) is 0.348. The van der Waals surface area contributed by atoms with Crippen LogP contribution in [-0.2, 0) is 10.8 Å². The van der Waals surface area contributed by atoms with Gasteiger partial charge in [-0.15, -0.1) is 0 Å². The van der Waals surface area contributed by atoms with Crippen molar-refractivity contribution in [1.82, 2.24) is 0 Å². The van der Waals surface area contributed by atoms with Crippen LogP contribution >= 0.6 is 12.2 Å². The highest BCUT2D eigenvalue weighted by Crippen LogP contribution is 2.37. The predicted octanol–water partition coefficient (Wildman–Crippen LogP) is 4.77. The Morgan fingerprint density at radius 2 is 1.73 bits per heavy atom. The maximum Gasteiger partial charge on any atom is 0.335 e. The van der Waals surface area contributed by atoms with E-state index in [9.17, 15) is 15.0 Å². The molecule has 7 heteroatoms. The number of anilines is 1. The fourth-order valence-electron chi connectivity index (χ4n) is 2.90. The Morgan fingerprint density at radius 3 is 2.23 bits per heavy atom. The summed E-state index contributed by atoms with van der Waals surface area (Å²) in [6, 6.07) is 10.1. The van der Waals surface area contributed by atoms with Crippen molar-refractivity contribution in [2.45, 2.75) is 52.4 Å². The highest BCUT2D eigenvalue weighted by molar-refractivity contribution is 7.80. The van der Waals surface area contributed by atoms with Gasteiger partial charge in [0.25, 0.3) is 0 Å². The average molecular weight is 428 g/mol. The number of hydrogen-bond donors (Lipinski definition) is 3. The zero-order valence-electron chi connectivity index (χ0n) is 18.2. The molecule has 0 amide bonds. The lowest BCUT2D eigenvalue weighted by atomic mass is 9.79. The van der Waals surface area contributed by atoms with Crippen LogP contribution in [0.15, 0.2) is 41.5 Å². The minimum atomic E-state index is -1.06. The smallest absolute Gasteiger partial charge is 0.335 e. The summed E-state index contributed by atoms with van der Waals surface area (Å²) in [5.74, 6) is -0.921. The number of aromatic hydroxyl groups is 1. The predicted molar refractivity (Wildman–Crippen MR) is 126 cm³/mol. The quantitative estimate of drug-likeness (QED) is 0.369. The molecule has 0 fully saturated rings. The summed E-state index contributed by atoms with van der Waals surface area (Å²) in [5, 5.41) is 25.7. The van der Waals surface area contributed by atoms with E-state index in [2.05, 4.69) is 25.9 Å². The van der Waals surface area contributed by atoms with Crippen molar-refractivity contribution in [3.05, 3.63) is 58.7 Å². The van der Waals surface area contributed by atoms with Crippen molar-refractivity contribution in [1.29, 1.82) is 0 Å². The molecule has 2 rings (SSSR count). The molecule has 0 aliphatic carbocycles. The van der Waals surface area contributed by atoms with E-state index in [4.69, 9.17) is 18.0 Å². The Labute approximate surface area is 183 Å². The molecule has 160 valence electrons. The summed E-state index contributed by atoms with van der Waals surface area (Å²) in [5.41, 5.74) is 8.34. The number of nitrogens with zero attached hydrogens (tertiary/aromatic N) is 2. The van der Waals surface area contributed by atoms with Gasteiger partial charge in [-0.1, -0.05) is 53.7 Å². The fourth-order valence-corrected chi connectivity index (χ4v) is 3.05. The van der Waals surface area contributed by atoms with E-state index in [1.807, 2.05) is 32.9 Å². The number of carbonyl (C=O) groups is 1. The maximum absolute atomic E-state index is 11.3. The first-order valence-corrected chi connectivity index (χ1v) is 9.97. The number of benzene rings is 2. The van der Waals surface area contributed by atoms with E-state index < -0.39 is 5.97 Å². The molecule has 0 aliphatic rings. The zero-order valence-corrected chi connectivity index (χ0v) is 19.0. The Hall–Kier alpha value is -2.93. The van der Waals surface area contributed by atoms with Crippen molar-refractivity contribution in [2.75, 3.05) is 5.01 Å². The minimum absolute atomic E-state index is 0.0451. The lowest BCUT2D eigenvalue weighted by Crippen LogP contribution is -2.31. The van der Waals surface area contributed by atoms with Crippen LogP contribution in [0.1, 0.15) is 68.6 Å². The molecule has 0 spiro atoms. The summed E-state index contributed by atoms with van der Waals surface area (Å²) < 4.78 is 0. The molecule has 0 aromatic heterocycles. The lowest BCUT2D eigenvalue weighted by molar-refractivity contribution is 0.0697. The highest BCUT2D eigenvalue weighted by Gasteiger charge is 2.24. The maximum atomic E-state index is 11.3. The standard InChI is InChI=1S/C23H29N3O3S/c1-22(2,3)16-10-15(19(27)18(12-16)23(4,5)6)13-25-26(21(24)30)17-9-7-8-14(11-17)20(28)29/h7-13,27H,1-6H3,(H2,24,30)(H,28,29). The van der Waals surface area contributed by atoms with Crippen molar-refractivity contribution < 1.29 is 15.0 Å². The summed E-state index contributed by atoms with van der Waals surface area (Å²) in [4.78, 5) is 11.3. The Morgan fingerprint density at radius 1 is 1.10 bits per heavy atom. The molecule has 0 atom stereocenters. The number of thiocarbonyl (C=S) groups is 1. The van der Waals surface area contributed by atoms with Crippen LogP contribution < -0.4 is 10.7 Å². The Balaban J connectivity index is 2.59.